The number of aromatic nitrogens is 2. The Morgan fingerprint density at radius 2 is 1.81 bits per heavy atom. The molecule has 2 aromatic rings. The monoisotopic (exact) mass is 376 g/mol. The van der Waals surface area contributed by atoms with Gasteiger partial charge in [0.05, 0.1) is 12.6 Å². The van der Waals surface area contributed by atoms with Crippen LogP contribution in [0.25, 0.3) is 11.4 Å². The summed E-state index contributed by atoms with van der Waals surface area (Å²) in [5.41, 5.74) is 0.918. The predicted octanol–water partition coefficient (Wildman–Crippen LogP) is 3.08. The van der Waals surface area contributed by atoms with Crippen molar-refractivity contribution in [3.63, 3.8) is 0 Å². The zero-order valence-corrected chi connectivity index (χ0v) is 15.7. The molecule has 0 saturated carbocycles. The Kier molecular flexibility index (Phi) is 5.84. The molecular formula is C19H25ClN4O2. The summed E-state index contributed by atoms with van der Waals surface area (Å²) in [6.45, 7) is 6.87. The van der Waals surface area contributed by atoms with Crippen molar-refractivity contribution in [1.29, 1.82) is 0 Å². The Hall–Kier alpha value is -1.47. The summed E-state index contributed by atoms with van der Waals surface area (Å²) < 4.78 is 11.3. The van der Waals surface area contributed by atoms with E-state index >= 15 is 0 Å². The summed E-state index contributed by atoms with van der Waals surface area (Å²) in [5.74, 6) is 1.28. The fraction of sp³-hybridized carbons (Fsp3) is 0.579. The van der Waals surface area contributed by atoms with E-state index in [4.69, 9.17) is 20.9 Å². The van der Waals surface area contributed by atoms with Crippen LogP contribution in [0.5, 0.6) is 0 Å². The van der Waals surface area contributed by atoms with E-state index in [-0.39, 0.29) is 0 Å². The SMILES string of the molecule is Clc1ccc(-c2noc(CN3CCN(CC4CCCCO4)CC3)n2)cc1. The first-order chi connectivity index (χ1) is 12.8. The van der Waals surface area contributed by atoms with Crippen molar-refractivity contribution in [2.75, 3.05) is 39.3 Å². The van der Waals surface area contributed by atoms with E-state index in [1.54, 1.807) is 0 Å². The molecular weight excluding hydrogens is 352 g/mol. The van der Waals surface area contributed by atoms with Gasteiger partial charge in [0.2, 0.25) is 11.7 Å². The van der Waals surface area contributed by atoms with E-state index < -0.39 is 0 Å². The molecule has 26 heavy (non-hydrogen) atoms. The number of hydrogen-bond donors (Lipinski definition) is 0. The van der Waals surface area contributed by atoms with Gasteiger partial charge in [0.25, 0.3) is 0 Å². The summed E-state index contributed by atoms with van der Waals surface area (Å²) in [6.07, 6.45) is 4.15. The summed E-state index contributed by atoms with van der Waals surface area (Å²) in [7, 11) is 0. The first-order valence-corrected chi connectivity index (χ1v) is 9.79. The molecule has 6 nitrogen and oxygen atoms in total. The molecule has 2 aliphatic rings. The lowest BCUT2D eigenvalue weighted by Gasteiger charge is -2.36. The number of nitrogens with zero attached hydrogens (tertiary/aromatic N) is 4. The molecule has 0 spiro atoms. The maximum atomic E-state index is 5.92. The number of halogens is 1. The molecule has 0 bridgehead atoms. The third kappa shape index (κ3) is 4.62. The van der Waals surface area contributed by atoms with Crippen molar-refractivity contribution in [1.82, 2.24) is 19.9 Å². The molecule has 2 aliphatic heterocycles. The fourth-order valence-corrected chi connectivity index (χ4v) is 3.72. The molecule has 3 heterocycles. The Bertz CT molecular complexity index is 692. The van der Waals surface area contributed by atoms with Gasteiger partial charge in [-0.1, -0.05) is 16.8 Å². The van der Waals surface area contributed by atoms with E-state index in [1.807, 2.05) is 24.3 Å². The quantitative estimate of drug-likeness (QED) is 0.799. The van der Waals surface area contributed by atoms with Crippen molar-refractivity contribution in [2.24, 2.45) is 0 Å². The average Bonchev–Trinajstić information content (AvgIpc) is 3.13. The lowest BCUT2D eigenvalue weighted by Crippen LogP contribution is -2.48. The fourth-order valence-electron chi connectivity index (χ4n) is 3.60. The number of piperazine rings is 1. The van der Waals surface area contributed by atoms with Gasteiger partial charge < -0.3 is 9.26 Å². The Morgan fingerprint density at radius 1 is 1.04 bits per heavy atom. The Balaban J connectivity index is 1.26. The standard InChI is InChI=1S/C19H25ClN4O2/c20-16-6-4-15(5-7-16)19-21-18(26-22-19)14-24-10-8-23(9-11-24)13-17-3-1-2-12-25-17/h4-7,17H,1-3,8-14H2. The topological polar surface area (TPSA) is 54.6 Å². The number of ether oxygens (including phenoxy) is 1. The lowest BCUT2D eigenvalue weighted by molar-refractivity contribution is -0.0151. The minimum atomic E-state index is 0.424. The first-order valence-electron chi connectivity index (χ1n) is 9.41. The van der Waals surface area contributed by atoms with E-state index in [9.17, 15) is 0 Å². The molecule has 2 saturated heterocycles. The number of hydrogen-bond acceptors (Lipinski definition) is 6. The molecule has 1 aromatic heterocycles. The number of benzene rings is 1. The molecule has 0 amide bonds. The van der Waals surface area contributed by atoms with Gasteiger partial charge in [0.15, 0.2) is 0 Å². The zero-order chi connectivity index (χ0) is 17.8. The van der Waals surface area contributed by atoms with Gasteiger partial charge in [-0.05, 0) is 43.5 Å². The highest BCUT2D eigenvalue weighted by atomic mass is 35.5. The highest BCUT2D eigenvalue weighted by Gasteiger charge is 2.23. The van der Waals surface area contributed by atoms with Gasteiger partial charge in [0.1, 0.15) is 0 Å². The summed E-state index contributed by atoms with van der Waals surface area (Å²) in [5, 5.41) is 4.79. The zero-order valence-electron chi connectivity index (χ0n) is 14.9. The highest BCUT2D eigenvalue weighted by Crippen LogP contribution is 2.20. The molecule has 140 valence electrons. The molecule has 7 heteroatoms. The minimum Gasteiger partial charge on any atom is -0.377 e. The van der Waals surface area contributed by atoms with Crippen molar-refractivity contribution in [3.8, 4) is 11.4 Å². The van der Waals surface area contributed by atoms with Gasteiger partial charge in [-0.25, -0.2) is 0 Å². The molecule has 1 atom stereocenters. The smallest absolute Gasteiger partial charge is 0.241 e. The maximum Gasteiger partial charge on any atom is 0.241 e. The van der Waals surface area contributed by atoms with Crippen molar-refractivity contribution in [2.45, 2.75) is 31.9 Å². The van der Waals surface area contributed by atoms with Crippen LogP contribution in [0.2, 0.25) is 5.02 Å². The molecule has 0 radical (unpaired) electrons. The summed E-state index contributed by atoms with van der Waals surface area (Å²) >= 11 is 5.92. The van der Waals surface area contributed by atoms with Gasteiger partial charge >= 0.3 is 0 Å². The molecule has 0 aliphatic carbocycles. The van der Waals surface area contributed by atoms with Crippen LogP contribution in [0.4, 0.5) is 0 Å². The van der Waals surface area contributed by atoms with Crippen LogP contribution in [-0.2, 0) is 11.3 Å². The van der Waals surface area contributed by atoms with Gasteiger partial charge in [-0.15, -0.1) is 0 Å². The van der Waals surface area contributed by atoms with Crippen LogP contribution in [0.15, 0.2) is 28.8 Å². The lowest BCUT2D eigenvalue weighted by atomic mass is 10.1. The molecule has 4 rings (SSSR count). The van der Waals surface area contributed by atoms with Crippen LogP contribution in [0.1, 0.15) is 25.2 Å². The minimum absolute atomic E-state index is 0.424. The second kappa shape index (κ2) is 8.48. The van der Waals surface area contributed by atoms with Crippen LogP contribution in [0.3, 0.4) is 0 Å². The van der Waals surface area contributed by atoms with Crippen molar-refractivity contribution >= 4 is 11.6 Å². The molecule has 0 N–H and O–H groups in total. The summed E-state index contributed by atoms with van der Waals surface area (Å²) in [6, 6.07) is 7.48. The third-order valence-corrected chi connectivity index (χ3v) is 5.38. The van der Waals surface area contributed by atoms with Crippen molar-refractivity contribution in [3.05, 3.63) is 35.2 Å². The second-order valence-electron chi connectivity index (χ2n) is 7.08. The van der Waals surface area contributed by atoms with E-state index in [1.165, 1.54) is 19.3 Å². The van der Waals surface area contributed by atoms with Gasteiger partial charge in [-0.3, -0.25) is 9.80 Å². The van der Waals surface area contributed by atoms with Gasteiger partial charge in [0, 0.05) is 49.9 Å². The first kappa shape index (κ1) is 17.9. The van der Waals surface area contributed by atoms with Crippen LogP contribution in [0, 0.1) is 0 Å². The Labute approximate surface area is 159 Å². The van der Waals surface area contributed by atoms with Crippen LogP contribution < -0.4 is 0 Å². The van der Waals surface area contributed by atoms with Crippen LogP contribution >= 0.6 is 11.6 Å². The second-order valence-corrected chi connectivity index (χ2v) is 7.52. The van der Waals surface area contributed by atoms with E-state index in [2.05, 4.69) is 19.9 Å². The normalized spacial score (nSPS) is 22.6. The van der Waals surface area contributed by atoms with E-state index in [0.717, 1.165) is 44.9 Å². The molecule has 1 aromatic carbocycles. The third-order valence-electron chi connectivity index (χ3n) is 5.13. The summed E-state index contributed by atoms with van der Waals surface area (Å²) in [4.78, 5) is 9.41. The number of rotatable bonds is 5. The predicted molar refractivity (Wildman–Crippen MR) is 100 cm³/mol. The van der Waals surface area contributed by atoms with Gasteiger partial charge in [-0.2, -0.15) is 4.98 Å². The Morgan fingerprint density at radius 3 is 2.54 bits per heavy atom. The highest BCUT2D eigenvalue weighted by molar-refractivity contribution is 6.30. The molecule has 2 fully saturated rings. The average molecular weight is 377 g/mol. The largest absolute Gasteiger partial charge is 0.377 e. The molecule has 1 unspecified atom stereocenters. The van der Waals surface area contributed by atoms with E-state index in [0.29, 0.717) is 29.4 Å². The van der Waals surface area contributed by atoms with Crippen LogP contribution in [-0.4, -0.2) is 65.4 Å². The maximum absolute atomic E-state index is 5.92. The van der Waals surface area contributed by atoms with Crippen molar-refractivity contribution < 1.29 is 9.26 Å².